The highest BCUT2D eigenvalue weighted by Crippen LogP contribution is 2.16. The van der Waals surface area contributed by atoms with Crippen LogP contribution < -0.4 is 4.74 Å². The molecule has 0 saturated heterocycles. The van der Waals surface area contributed by atoms with Gasteiger partial charge >= 0.3 is 0 Å². The van der Waals surface area contributed by atoms with E-state index in [0.717, 1.165) is 42.9 Å². The maximum absolute atomic E-state index is 13.1. The van der Waals surface area contributed by atoms with Gasteiger partial charge in [-0.1, -0.05) is 55.3 Å². The van der Waals surface area contributed by atoms with Gasteiger partial charge in [0.05, 0.1) is 20.1 Å². The van der Waals surface area contributed by atoms with Crippen LogP contribution in [-0.2, 0) is 24.3 Å². The number of benzene rings is 2. The maximum atomic E-state index is 13.1. The summed E-state index contributed by atoms with van der Waals surface area (Å²) in [7, 11) is 1.65. The van der Waals surface area contributed by atoms with Gasteiger partial charge in [0.2, 0.25) is 5.91 Å². The van der Waals surface area contributed by atoms with Crippen molar-refractivity contribution in [3.63, 3.8) is 0 Å². The normalized spacial score (nSPS) is 10.8. The van der Waals surface area contributed by atoms with Crippen LogP contribution in [0.3, 0.4) is 0 Å². The third kappa shape index (κ3) is 5.99. The topological polar surface area (TPSA) is 34.5 Å². The quantitative estimate of drug-likeness (QED) is 0.464. The van der Waals surface area contributed by atoms with E-state index in [4.69, 9.17) is 4.74 Å². The van der Waals surface area contributed by atoms with E-state index in [1.165, 1.54) is 11.1 Å². The second-order valence-electron chi connectivity index (χ2n) is 7.81. The molecule has 0 aliphatic rings. The van der Waals surface area contributed by atoms with Gasteiger partial charge in [0, 0.05) is 25.0 Å². The lowest BCUT2D eigenvalue weighted by molar-refractivity contribution is -0.131. The zero-order valence-corrected chi connectivity index (χ0v) is 18.3. The number of hydrogen-bond acceptors (Lipinski definition) is 2. The summed E-state index contributed by atoms with van der Waals surface area (Å²) in [6, 6.07) is 20.5. The molecule has 0 radical (unpaired) electrons. The van der Waals surface area contributed by atoms with Crippen molar-refractivity contribution in [1.29, 1.82) is 0 Å². The number of aromatic nitrogens is 1. The van der Waals surface area contributed by atoms with Gasteiger partial charge < -0.3 is 14.2 Å². The van der Waals surface area contributed by atoms with Gasteiger partial charge in [-0.3, -0.25) is 4.79 Å². The van der Waals surface area contributed by atoms with Gasteiger partial charge in [-0.05, 0) is 48.7 Å². The molecule has 3 aromatic rings. The summed E-state index contributed by atoms with van der Waals surface area (Å²) in [6.07, 6.45) is 4.58. The molecule has 0 spiro atoms. The Morgan fingerprint density at radius 2 is 1.83 bits per heavy atom. The molecule has 0 aliphatic heterocycles. The van der Waals surface area contributed by atoms with Crippen molar-refractivity contribution in [2.75, 3.05) is 13.7 Å². The Morgan fingerprint density at radius 3 is 2.53 bits per heavy atom. The highest BCUT2D eigenvalue weighted by Gasteiger charge is 2.16. The monoisotopic (exact) mass is 404 g/mol. The molecule has 2 aromatic carbocycles. The number of rotatable bonds is 10. The molecule has 4 nitrogen and oxygen atoms in total. The number of unbranched alkanes of at least 4 members (excludes halogenated alkanes) is 1. The average Bonchev–Trinajstić information content (AvgIpc) is 3.18. The van der Waals surface area contributed by atoms with Gasteiger partial charge in [-0.25, -0.2) is 0 Å². The molecule has 0 saturated carbocycles. The Balaban J connectivity index is 1.71. The van der Waals surface area contributed by atoms with Gasteiger partial charge in [0.1, 0.15) is 5.75 Å². The van der Waals surface area contributed by atoms with Crippen LogP contribution >= 0.6 is 0 Å². The third-order valence-corrected chi connectivity index (χ3v) is 5.36. The number of carbonyl (C=O) groups excluding carboxylic acids is 1. The predicted octanol–water partition coefficient (Wildman–Crippen LogP) is 5.22. The van der Waals surface area contributed by atoms with Gasteiger partial charge in [0.15, 0.2) is 0 Å². The van der Waals surface area contributed by atoms with Crippen LogP contribution in [0, 0.1) is 6.92 Å². The van der Waals surface area contributed by atoms with E-state index < -0.39 is 0 Å². The van der Waals surface area contributed by atoms with Gasteiger partial charge in [-0.2, -0.15) is 0 Å². The molecule has 0 unspecified atom stereocenters. The molecule has 0 aliphatic carbocycles. The van der Waals surface area contributed by atoms with E-state index in [9.17, 15) is 4.79 Å². The highest BCUT2D eigenvalue weighted by atomic mass is 16.5. The molecule has 3 rings (SSSR count). The van der Waals surface area contributed by atoms with Crippen molar-refractivity contribution < 1.29 is 9.53 Å². The van der Waals surface area contributed by atoms with E-state index in [2.05, 4.69) is 61.0 Å². The zero-order chi connectivity index (χ0) is 21.3. The number of aryl methyl sites for hydroxylation is 1. The lowest BCUT2D eigenvalue weighted by Crippen LogP contribution is -2.33. The Bertz CT molecular complexity index is 944. The first-order chi connectivity index (χ1) is 14.6. The molecule has 4 heteroatoms. The second kappa shape index (κ2) is 10.7. The maximum Gasteiger partial charge on any atom is 0.227 e. The third-order valence-electron chi connectivity index (χ3n) is 5.36. The summed E-state index contributed by atoms with van der Waals surface area (Å²) >= 11 is 0. The number of carbonyl (C=O) groups is 1. The summed E-state index contributed by atoms with van der Waals surface area (Å²) < 4.78 is 7.46. The number of methoxy groups -OCH3 is 1. The summed E-state index contributed by atoms with van der Waals surface area (Å²) in [4.78, 5) is 15.1. The minimum absolute atomic E-state index is 0.164. The molecule has 1 aromatic heterocycles. The van der Waals surface area contributed by atoms with Crippen LogP contribution in [0.25, 0.3) is 0 Å². The van der Waals surface area contributed by atoms with Crippen LogP contribution in [0.5, 0.6) is 5.75 Å². The van der Waals surface area contributed by atoms with Crippen molar-refractivity contribution in [1.82, 2.24) is 9.47 Å². The molecule has 1 amide bonds. The molecule has 0 atom stereocenters. The van der Waals surface area contributed by atoms with Gasteiger partial charge in [0.25, 0.3) is 0 Å². The Morgan fingerprint density at radius 1 is 1.03 bits per heavy atom. The van der Waals surface area contributed by atoms with Crippen molar-refractivity contribution in [3.8, 4) is 5.75 Å². The first-order valence-corrected chi connectivity index (χ1v) is 10.7. The number of amides is 1. The smallest absolute Gasteiger partial charge is 0.227 e. The fraction of sp³-hybridized carbons (Fsp3) is 0.346. The van der Waals surface area contributed by atoms with E-state index >= 15 is 0 Å². The van der Waals surface area contributed by atoms with Crippen LogP contribution in [0.1, 0.15) is 42.1 Å². The standard InChI is InChI=1S/C26H32N2O2/c1-4-5-15-28(26(29)18-22-11-13-25(30-3)14-12-22)20-24-10-7-16-27(24)19-23-9-6-8-21(2)17-23/h6-14,16-17H,4-5,15,18-20H2,1-3H3. The number of hydrogen-bond donors (Lipinski definition) is 0. The summed E-state index contributed by atoms with van der Waals surface area (Å²) in [5, 5.41) is 0. The second-order valence-corrected chi connectivity index (χ2v) is 7.81. The van der Waals surface area contributed by atoms with E-state index in [-0.39, 0.29) is 5.91 Å². The van der Waals surface area contributed by atoms with E-state index in [1.54, 1.807) is 7.11 Å². The predicted molar refractivity (Wildman–Crippen MR) is 122 cm³/mol. The van der Waals surface area contributed by atoms with Crippen molar-refractivity contribution >= 4 is 5.91 Å². The molecule has 1 heterocycles. The van der Waals surface area contributed by atoms with Crippen LogP contribution in [0.15, 0.2) is 66.9 Å². The fourth-order valence-corrected chi connectivity index (χ4v) is 3.62. The molecule has 0 bridgehead atoms. The van der Waals surface area contributed by atoms with Crippen molar-refractivity contribution in [2.45, 2.75) is 46.2 Å². The Labute approximate surface area is 180 Å². The molecule has 30 heavy (non-hydrogen) atoms. The van der Waals surface area contributed by atoms with Crippen LogP contribution in [-0.4, -0.2) is 29.0 Å². The number of nitrogens with zero attached hydrogens (tertiary/aromatic N) is 2. The minimum atomic E-state index is 0.164. The SMILES string of the molecule is CCCCN(Cc1cccn1Cc1cccc(C)c1)C(=O)Cc1ccc(OC)cc1. The average molecular weight is 405 g/mol. The zero-order valence-electron chi connectivity index (χ0n) is 18.3. The lowest BCUT2D eigenvalue weighted by Gasteiger charge is -2.24. The lowest BCUT2D eigenvalue weighted by atomic mass is 10.1. The van der Waals surface area contributed by atoms with E-state index in [1.807, 2.05) is 29.2 Å². The van der Waals surface area contributed by atoms with Gasteiger partial charge in [-0.15, -0.1) is 0 Å². The van der Waals surface area contributed by atoms with Crippen LogP contribution in [0.2, 0.25) is 0 Å². The Hall–Kier alpha value is -3.01. The molecule has 158 valence electrons. The van der Waals surface area contributed by atoms with E-state index in [0.29, 0.717) is 13.0 Å². The molecule has 0 fully saturated rings. The first-order valence-electron chi connectivity index (χ1n) is 10.7. The highest BCUT2D eigenvalue weighted by molar-refractivity contribution is 5.78. The summed E-state index contributed by atoms with van der Waals surface area (Å²) in [5.74, 6) is 0.972. The first kappa shape index (κ1) is 21.7. The molecular weight excluding hydrogens is 372 g/mol. The minimum Gasteiger partial charge on any atom is -0.497 e. The fourth-order valence-electron chi connectivity index (χ4n) is 3.62. The van der Waals surface area contributed by atoms with Crippen molar-refractivity contribution in [2.24, 2.45) is 0 Å². The summed E-state index contributed by atoms with van der Waals surface area (Å²) in [5.41, 5.74) is 4.71. The molecule has 0 N–H and O–H groups in total. The molecular formula is C26H32N2O2. The van der Waals surface area contributed by atoms with Crippen LogP contribution in [0.4, 0.5) is 0 Å². The summed E-state index contributed by atoms with van der Waals surface area (Å²) in [6.45, 7) is 6.50. The number of ether oxygens (including phenoxy) is 1. The Kier molecular flexibility index (Phi) is 7.72. The van der Waals surface area contributed by atoms with Crippen molar-refractivity contribution in [3.05, 3.63) is 89.2 Å². The largest absolute Gasteiger partial charge is 0.497 e.